The second-order valence-corrected chi connectivity index (χ2v) is 8.57. The first-order valence-electron chi connectivity index (χ1n) is 11.4. The molecule has 174 valence electrons. The highest BCUT2D eigenvalue weighted by Crippen LogP contribution is 2.26. The summed E-state index contributed by atoms with van der Waals surface area (Å²) in [6.07, 6.45) is 4.79. The number of hydrogen-bond acceptors (Lipinski definition) is 6. The molecule has 1 atom stereocenters. The number of piperidine rings is 1. The van der Waals surface area contributed by atoms with E-state index in [2.05, 4.69) is 4.90 Å². The first kappa shape index (κ1) is 23.8. The average molecular weight is 435 g/mol. The SMILES string of the molecule is COCCN1CCC(CN(C[C@@H]2CCCO2)C(=O)Cc2cc(OC)ccc2OC)CC1. The molecule has 2 aliphatic heterocycles. The van der Waals surface area contributed by atoms with Gasteiger partial charge >= 0.3 is 0 Å². The Kier molecular flexibility index (Phi) is 9.43. The van der Waals surface area contributed by atoms with E-state index < -0.39 is 0 Å². The molecular weight excluding hydrogens is 396 g/mol. The van der Waals surface area contributed by atoms with Crippen LogP contribution in [0, 0.1) is 5.92 Å². The Morgan fingerprint density at radius 2 is 1.94 bits per heavy atom. The first-order chi connectivity index (χ1) is 15.1. The van der Waals surface area contributed by atoms with E-state index in [1.807, 2.05) is 23.1 Å². The number of carbonyl (C=O) groups excluding carboxylic acids is 1. The molecule has 1 aromatic carbocycles. The summed E-state index contributed by atoms with van der Waals surface area (Å²) in [6.45, 7) is 6.17. The predicted molar refractivity (Wildman–Crippen MR) is 120 cm³/mol. The van der Waals surface area contributed by atoms with Gasteiger partial charge in [-0.05, 0) is 62.9 Å². The molecule has 2 heterocycles. The quantitative estimate of drug-likeness (QED) is 0.534. The van der Waals surface area contributed by atoms with Crippen LogP contribution in [0.3, 0.4) is 0 Å². The third-order valence-corrected chi connectivity index (χ3v) is 6.43. The minimum atomic E-state index is 0.129. The van der Waals surface area contributed by atoms with Crippen molar-refractivity contribution in [2.24, 2.45) is 5.92 Å². The summed E-state index contributed by atoms with van der Waals surface area (Å²) in [4.78, 5) is 17.9. The van der Waals surface area contributed by atoms with Crippen LogP contribution in [0.2, 0.25) is 0 Å². The minimum Gasteiger partial charge on any atom is -0.497 e. The Balaban J connectivity index is 1.64. The molecule has 0 spiro atoms. The summed E-state index contributed by atoms with van der Waals surface area (Å²) in [5.74, 6) is 2.11. The van der Waals surface area contributed by atoms with E-state index in [1.54, 1.807) is 21.3 Å². The molecule has 2 saturated heterocycles. The molecule has 0 aromatic heterocycles. The number of carbonyl (C=O) groups is 1. The lowest BCUT2D eigenvalue weighted by Crippen LogP contribution is -2.44. The molecule has 0 saturated carbocycles. The zero-order valence-electron chi connectivity index (χ0n) is 19.3. The number of ether oxygens (including phenoxy) is 4. The van der Waals surface area contributed by atoms with Gasteiger partial charge in [0.1, 0.15) is 11.5 Å². The number of benzene rings is 1. The first-order valence-corrected chi connectivity index (χ1v) is 11.4. The van der Waals surface area contributed by atoms with Crippen molar-refractivity contribution in [1.82, 2.24) is 9.80 Å². The second-order valence-electron chi connectivity index (χ2n) is 8.57. The van der Waals surface area contributed by atoms with E-state index >= 15 is 0 Å². The van der Waals surface area contributed by atoms with Crippen molar-refractivity contribution in [2.75, 3.05) is 67.3 Å². The highest BCUT2D eigenvalue weighted by Gasteiger charge is 2.27. The van der Waals surface area contributed by atoms with Gasteiger partial charge in [0.15, 0.2) is 0 Å². The van der Waals surface area contributed by atoms with Crippen LogP contribution in [0.1, 0.15) is 31.2 Å². The van der Waals surface area contributed by atoms with Gasteiger partial charge in [0.25, 0.3) is 0 Å². The van der Waals surface area contributed by atoms with Crippen molar-refractivity contribution in [3.8, 4) is 11.5 Å². The van der Waals surface area contributed by atoms with Crippen LogP contribution in [0.15, 0.2) is 18.2 Å². The van der Waals surface area contributed by atoms with E-state index in [0.717, 1.165) is 82.1 Å². The van der Waals surface area contributed by atoms with Crippen LogP contribution >= 0.6 is 0 Å². The van der Waals surface area contributed by atoms with Gasteiger partial charge in [-0.25, -0.2) is 0 Å². The molecule has 2 fully saturated rings. The summed E-state index contributed by atoms with van der Waals surface area (Å²) in [5, 5.41) is 0. The fraction of sp³-hybridized carbons (Fsp3) is 0.708. The molecule has 7 heteroatoms. The highest BCUT2D eigenvalue weighted by atomic mass is 16.5. The topological polar surface area (TPSA) is 60.5 Å². The molecule has 1 aromatic rings. The van der Waals surface area contributed by atoms with Gasteiger partial charge in [0, 0.05) is 38.9 Å². The van der Waals surface area contributed by atoms with Crippen molar-refractivity contribution in [2.45, 2.75) is 38.2 Å². The number of nitrogens with zero attached hydrogens (tertiary/aromatic N) is 2. The Morgan fingerprint density at radius 1 is 1.13 bits per heavy atom. The zero-order chi connectivity index (χ0) is 22.1. The molecule has 2 aliphatic rings. The van der Waals surface area contributed by atoms with Crippen LogP contribution in [0.4, 0.5) is 0 Å². The summed E-state index contributed by atoms with van der Waals surface area (Å²) < 4.78 is 21.9. The Bertz CT molecular complexity index is 685. The van der Waals surface area contributed by atoms with Crippen LogP contribution < -0.4 is 9.47 Å². The average Bonchev–Trinajstić information content (AvgIpc) is 3.31. The van der Waals surface area contributed by atoms with E-state index in [0.29, 0.717) is 18.9 Å². The fourth-order valence-corrected chi connectivity index (χ4v) is 4.53. The molecule has 0 aliphatic carbocycles. The summed E-state index contributed by atoms with van der Waals surface area (Å²) in [7, 11) is 5.02. The molecule has 31 heavy (non-hydrogen) atoms. The van der Waals surface area contributed by atoms with Crippen LogP contribution in [0.5, 0.6) is 11.5 Å². The molecule has 0 N–H and O–H groups in total. The van der Waals surface area contributed by atoms with Gasteiger partial charge in [0.2, 0.25) is 5.91 Å². The van der Waals surface area contributed by atoms with E-state index in [4.69, 9.17) is 18.9 Å². The summed E-state index contributed by atoms with van der Waals surface area (Å²) >= 11 is 0. The normalized spacial score (nSPS) is 20.0. The fourth-order valence-electron chi connectivity index (χ4n) is 4.53. The summed E-state index contributed by atoms with van der Waals surface area (Å²) in [6, 6.07) is 5.62. The van der Waals surface area contributed by atoms with Gasteiger partial charge in [-0.2, -0.15) is 0 Å². The van der Waals surface area contributed by atoms with Crippen LogP contribution in [0.25, 0.3) is 0 Å². The highest BCUT2D eigenvalue weighted by molar-refractivity contribution is 5.79. The minimum absolute atomic E-state index is 0.129. The van der Waals surface area contributed by atoms with Gasteiger partial charge < -0.3 is 28.7 Å². The number of methoxy groups -OCH3 is 3. The second kappa shape index (κ2) is 12.3. The van der Waals surface area contributed by atoms with E-state index in [-0.39, 0.29) is 12.0 Å². The Labute approximate surface area is 186 Å². The van der Waals surface area contributed by atoms with Crippen molar-refractivity contribution >= 4 is 5.91 Å². The molecule has 0 unspecified atom stereocenters. The number of likely N-dealkylation sites (tertiary alicyclic amines) is 1. The van der Waals surface area contributed by atoms with Crippen molar-refractivity contribution < 1.29 is 23.7 Å². The lowest BCUT2D eigenvalue weighted by atomic mass is 9.95. The maximum Gasteiger partial charge on any atom is 0.227 e. The van der Waals surface area contributed by atoms with Crippen molar-refractivity contribution in [3.05, 3.63) is 23.8 Å². The van der Waals surface area contributed by atoms with Gasteiger partial charge in [0.05, 0.1) is 33.4 Å². The van der Waals surface area contributed by atoms with E-state index in [1.165, 1.54) is 0 Å². The maximum absolute atomic E-state index is 13.4. The third-order valence-electron chi connectivity index (χ3n) is 6.43. The standard InChI is InChI=1S/C24H38N2O5/c1-28-14-12-25-10-8-19(9-11-25)17-26(18-22-5-4-13-31-22)24(27)16-20-15-21(29-2)6-7-23(20)30-3/h6-7,15,19,22H,4-5,8-14,16-18H2,1-3H3/t22-/m0/s1. The lowest BCUT2D eigenvalue weighted by molar-refractivity contribution is -0.133. The van der Waals surface area contributed by atoms with Crippen molar-refractivity contribution in [1.29, 1.82) is 0 Å². The molecule has 0 radical (unpaired) electrons. The molecule has 7 nitrogen and oxygen atoms in total. The monoisotopic (exact) mass is 434 g/mol. The molecular formula is C24H38N2O5. The zero-order valence-corrected chi connectivity index (χ0v) is 19.3. The molecule has 3 rings (SSSR count). The predicted octanol–water partition coefficient (Wildman–Crippen LogP) is 2.61. The summed E-state index contributed by atoms with van der Waals surface area (Å²) in [5.41, 5.74) is 0.860. The Hall–Kier alpha value is -1.83. The van der Waals surface area contributed by atoms with Gasteiger partial charge in [-0.15, -0.1) is 0 Å². The maximum atomic E-state index is 13.4. The Morgan fingerprint density at radius 3 is 2.58 bits per heavy atom. The number of rotatable bonds is 11. The molecule has 0 bridgehead atoms. The van der Waals surface area contributed by atoms with Gasteiger partial charge in [-0.3, -0.25) is 4.79 Å². The third kappa shape index (κ3) is 7.09. The van der Waals surface area contributed by atoms with E-state index in [9.17, 15) is 4.79 Å². The number of amides is 1. The molecule has 1 amide bonds. The van der Waals surface area contributed by atoms with Crippen LogP contribution in [-0.2, 0) is 20.7 Å². The van der Waals surface area contributed by atoms with Crippen LogP contribution in [-0.4, -0.2) is 89.1 Å². The smallest absolute Gasteiger partial charge is 0.227 e. The lowest BCUT2D eigenvalue weighted by Gasteiger charge is -2.35. The largest absolute Gasteiger partial charge is 0.497 e. The van der Waals surface area contributed by atoms with Crippen molar-refractivity contribution in [3.63, 3.8) is 0 Å². The number of hydrogen-bond donors (Lipinski definition) is 0. The van der Waals surface area contributed by atoms with Gasteiger partial charge in [-0.1, -0.05) is 0 Å².